The smallest absolute Gasteiger partial charge is 0.356 e. The van der Waals surface area contributed by atoms with E-state index < -0.39 is 5.97 Å². The molecule has 0 amide bonds. The number of aromatic nitrogens is 1. The van der Waals surface area contributed by atoms with Crippen LogP contribution in [0.2, 0.25) is 0 Å². The predicted octanol–water partition coefficient (Wildman–Crippen LogP) is 1.66. The summed E-state index contributed by atoms with van der Waals surface area (Å²) in [7, 11) is 2.82. The van der Waals surface area contributed by atoms with Crippen LogP contribution in [0.5, 0.6) is 11.5 Å². The van der Waals surface area contributed by atoms with Crippen molar-refractivity contribution < 1.29 is 19.0 Å². The van der Waals surface area contributed by atoms with E-state index in [1.54, 1.807) is 0 Å². The van der Waals surface area contributed by atoms with Gasteiger partial charge >= 0.3 is 5.97 Å². The van der Waals surface area contributed by atoms with E-state index in [-0.39, 0.29) is 11.8 Å². The van der Waals surface area contributed by atoms with Crippen LogP contribution < -0.4 is 9.47 Å². The molecule has 0 aliphatic rings. The molecule has 0 atom stereocenters. The first kappa shape index (κ1) is 12.3. The average molecular weight is 225 g/mol. The lowest BCUT2D eigenvalue weighted by atomic mass is 10.3. The van der Waals surface area contributed by atoms with Crippen LogP contribution in [0.4, 0.5) is 0 Å². The number of ether oxygens (including phenoxy) is 3. The number of hydrogen-bond donors (Lipinski definition) is 0. The summed E-state index contributed by atoms with van der Waals surface area (Å²) in [6, 6.07) is 1.50. The Morgan fingerprint density at radius 2 is 2.00 bits per heavy atom. The number of rotatable bonds is 4. The van der Waals surface area contributed by atoms with Crippen LogP contribution in [0.25, 0.3) is 0 Å². The maximum atomic E-state index is 11.3. The number of carbonyl (C=O) groups excluding carboxylic acids is 1. The highest BCUT2D eigenvalue weighted by molar-refractivity contribution is 5.87. The Bertz CT molecular complexity index is 376. The van der Waals surface area contributed by atoms with Crippen molar-refractivity contribution in [2.75, 3.05) is 14.2 Å². The van der Waals surface area contributed by atoms with Gasteiger partial charge in [-0.2, -0.15) is 0 Å². The summed E-state index contributed by atoms with van der Waals surface area (Å²) >= 11 is 0. The van der Waals surface area contributed by atoms with Crippen molar-refractivity contribution >= 4 is 5.97 Å². The minimum absolute atomic E-state index is 0.0122. The summed E-state index contributed by atoms with van der Waals surface area (Å²) < 4.78 is 15.1. The zero-order chi connectivity index (χ0) is 12.1. The summed E-state index contributed by atoms with van der Waals surface area (Å²) in [6.07, 6.45) is 1.42. The highest BCUT2D eigenvalue weighted by atomic mass is 16.5. The quantitative estimate of drug-likeness (QED) is 0.729. The number of carbonyl (C=O) groups is 1. The molecule has 0 fully saturated rings. The lowest BCUT2D eigenvalue weighted by Crippen LogP contribution is -2.10. The Labute approximate surface area is 94.3 Å². The first-order valence-corrected chi connectivity index (χ1v) is 4.87. The molecule has 0 spiro atoms. The Morgan fingerprint density at radius 1 is 1.31 bits per heavy atom. The first-order valence-electron chi connectivity index (χ1n) is 4.87. The third-order valence-electron chi connectivity index (χ3n) is 1.81. The van der Waals surface area contributed by atoms with Gasteiger partial charge in [0.05, 0.1) is 26.5 Å². The number of pyridine rings is 1. The monoisotopic (exact) mass is 225 g/mol. The van der Waals surface area contributed by atoms with Gasteiger partial charge in [0.25, 0.3) is 0 Å². The highest BCUT2D eigenvalue weighted by Crippen LogP contribution is 2.27. The fourth-order valence-corrected chi connectivity index (χ4v) is 1.14. The van der Waals surface area contributed by atoms with Crippen molar-refractivity contribution in [3.05, 3.63) is 18.0 Å². The molecule has 1 aromatic rings. The van der Waals surface area contributed by atoms with Crippen molar-refractivity contribution in [2.24, 2.45) is 0 Å². The van der Waals surface area contributed by atoms with Gasteiger partial charge in [-0.25, -0.2) is 9.78 Å². The standard InChI is InChI=1S/C11H15NO4/c1-7(2)16-9-5-8(11(13)15-4)12-6-10(9)14-3/h5-7H,1-4H3. The molecule has 0 bridgehead atoms. The Morgan fingerprint density at radius 3 is 2.50 bits per heavy atom. The van der Waals surface area contributed by atoms with Crippen LogP contribution in [-0.2, 0) is 4.74 Å². The van der Waals surface area contributed by atoms with E-state index in [2.05, 4.69) is 9.72 Å². The molecule has 0 aromatic carbocycles. The molecule has 5 nitrogen and oxygen atoms in total. The second-order valence-corrected chi connectivity index (χ2v) is 3.38. The summed E-state index contributed by atoms with van der Waals surface area (Å²) in [6.45, 7) is 3.77. The molecular formula is C11H15NO4. The van der Waals surface area contributed by atoms with Gasteiger partial charge in [-0.3, -0.25) is 0 Å². The van der Waals surface area contributed by atoms with Crippen molar-refractivity contribution in [1.82, 2.24) is 4.98 Å². The van der Waals surface area contributed by atoms with E-state index in [1.165, 1.54) is 26.5 Å². The fraction of sp³-hybridized carbons (Fsp3) is 0.455. The zero-order valence-corrected chi connectivity index (χ0v) is 9.81. The third kappa shape index (κ3) is 2.85. The van der Waals surface area contributed by atoms with E-state index in [9.17, 15) is 4.79 Å². The van der Waals surface area contributed by atoms with Crippen molar-refractivity contribution in [3.8, 4) is 11.5 Å². The summed E-state index contributed by atoms with van der Waals surface area (Å²) in [4.78, 5) is 15.2. The number of esters is 1. The molecule has 1 rings (SSSR count). The first-order chi connectivity index (χ1) is 7.58. The molecule has 5 heteroatoms. The molecular weight excluding hydrogens is 210 g/mol. The van der Waals surface area contributed by atoms with E-state index in [0.29, 0.717) is 11.5 Å². The molecule has 0 unspecified atom stereocenters. The van der Waals surface area contributed by atoms with E-state index in [4.69, 9.17) is 9.47 Å². The van der Waals surface area contributed by atoms with Crippen LogP contribution in [-0.4, -0.2) is 31.3 Å². The normalized spacial score (nSPS) is 10.1. The second kappa shape index (κ2) is 5.34. The Balaban J connectivity index is 3.05. The molecule has 0 aliphatic heterocycles. The molecule has 0 radical (unpaired) electrons. The number of hydrogen-bond acceptors (Lipinski definition) is 5. The number of methoxy groups -OCH3 is 2. The topological polar surface area (TPSA) is 57.7 Å². The molecule has 1 aromatic heterocycles. The predicted molar refractivity (Wildman–Crippen MR) is 57.9 cm³/mol. The van der Waals surface area contributed by atoms with Gasteiger partial charge in [0, 0.05) is 6.07 Å². The molecule has 1 heterocycles. The van der Waals surface area contributed by atoms with Gasteiger partial charge in [-0.15, -0.1) is 0 Å². The number of nitrogens with zero attached hydrogens (tertiary/aromatic N) is 1. The SMILES string of the molecule is COC(=O)c1cc(OC(C)C)c(OC)cn1. The zero-order valence-electron chi connectivity index (χ0n) is 9.81. The Hall–Kier alpha value is -1.78. The second-order valence-electron chi connectivity index (χ2n) is 3.38. The van der Waals surface area contributed by atoms with Gasteiger partial charge in [0.15, 0.2) is 17.2 Å². The fourth-order valence-electron chi connectivity index (χ4n) is 1.14. The van der Waals surface area contributed by atoms with Gasteiger partial charge < -0.3 is 14.2 Å². The van der Waals surface area contributed by atoms with Gasteiger partial charge in [0.1, 0.15) is 0 Å². The van der Waals surface area contributed by atoms with E-state index >= 15 is 0 Å². The largest absolute Gasteiger partial charge is 0.491 e. The lowest BCUT2D eigenvalue weighted by Gasteiger charge is -2.13. The summed E-state index contributed by atoms with van der Waals surface area (Å²) in [5.41, 5.74) is 0.193. The van der Waals surface area contributed by atoms with Crippen LogP contribution >= 0.6 is 0 Å². The highest BCUT2D eigenvalue weighted by Gasteiger charge is 2.13. The molecule has 0 aliphatic carbocycles. The summed E-state index contributed by atoms with van der Waals surface area (Å²) in [5.74, 6) is 0.463. The minimum atomic E-state index is -0.503. The molecule has 88 valence electrons. The maximum Gasteiger partial charge on any atom is 0.356 e. The lowest BCUT2D eigenvalue weighted by molar-refractivity contribution is 0.0593. The van der Waals surface area contributed by atoms with E-state index in [1.807, 2.05) is 13.8 Å². The van der Waals surface area contributed by atoms with Crippen molar-refractivity contribution in [3.63, 3.8) is 0 Å². The third-order valence-corrected chi connectivity index (χ3v) is 1.81. The molecule has 0 N–H and O–H groups in total. The minimum Gasteiger partial charge on any atom is -0.491 e. The van der Waals surface area contributed by atoms with Gasteiger partial charge in [-0.05, 0) is 13.8 Å². The molecule has 0 saturated carbocycles. The van der Waals surface area contributed by atoms with Crippen LogP contribution in [0.15, 0.2) is 12.3 Å². The van der Waals surface area contributed by atoms with Gasteiger partial charge in [0.2, 0.25) is 0 Å². The Kier molecular flexibility index (Phi) is 4.10. The van der Waals surface area contributed by atoms with Crippen molar-refractivity contribution in [2.45, 2.75) is 20.0 Å². The molecule has 16 heavy (non-hydrogen) atoms. The maximum absolute atomic E-state index is 11.3. The van der Waals surface area contributed by atoms with Crippen LogP contribution in [0.3, 0.4) is 0 Å². The molecule has 0 saturated heterocycles. The van der Waals surface area contributed by atoms with Gasteiger partial charge in [-0.1, -0.05) is 0 Å². The van der Waals surface area contributed by atoms with E-state index in [0.717, 1.165) is 0 Å². The van der Waals surface area contributed by atoms with Crippen LogP contribution in [0, 0.1) is 0 Å². The van der Waals surface area contributed by atoms with Crippen molar-refractivity contribution in [1.29, 1.82) is 0 Å². The summed E-state index contributed by atoms with van der Waals surface area (Å²) in [5, 5.41) is 0. The van der Waals surface area contributed by atoms with Crippen LogP contribution in [0.1, 0.15) is 24.3 Å². The average Bonchev–Trinajstić information content (AvgIpc) is 2.27.